The Bertz CT molecular complexity index is 1070. The van der Waals surface area contributed by atoms with Crippen LogP contribution in [-0.4, -0.2) is 24.3 Å². The first-order valence-electron chi connectivity index (χ1n) is 9.36. The number of benzene rings is 2. The summed E-state index contributed by atoms with van der Waals surface area (Å²) in [4.78, 5) is 36.0. The summed E-state index contributed by atoms with van der Waals surface area (Å²) in [6, 6.07) is 13.7. The van der Waals surface area contributed by atoms with E-state index in [0.717, 1.165) is 17.7 Å². The standard InChI is InChI=1S/C22H19ClFN3O4/c23-18-12-15(24)5-8-17(18)21(29)25-10-9-20(28)26-13-14-3-6-16(7-4-14)27-22(30)19-2-1-11-31-19/h1-8,11-12H,9-10,13H2,(H,25,29)(H,26,28)(H,27,30). The number of hydrogen-bond acceptors (Lipinski definition) is 4. The third-order valence-electron chi connectivity index (χ3n) is 4.26. The Hall–Kier alpha value is -3.65. The van der Waals surface area contributed by atoms with Gasteiger partial charge in [0.2, 0.25) is 5.91 Å². The molecular formula is C22H19ClFN3O4. The van der Waals surface area contributed by atoms with Crippen molar-refractivity contribution >= 4 is 35.0 Å². The summed E-state index contributed by atoms with van der Waals surface area (Å²) in [7, 11) is 0. The maximum atomic E-state index is 13.0. The van der Waals surface area contributed by atoms with Crippen molar-refractivity contribution < 1.29 is 23.2 Å². The predicted octanol–water partition coefficient (Wildman–Crippen LogP) is 3.76. The van der Waals surface area contributed by atoms with Crippen LogP contribution in [0, 0.1) is 5.82 Å². The van der Waals surface area contributed by atoms with Crippen molar-refractivity contribution in [2.24, 2.45) is 0 Å². The van der Waals surface area contributed by atoms with E-state index in [9.17, 15) is 18.8 Å². The largest absolute Gasteiger partial charge is 0.459 e. The van der Waals surface area contributed by atoms with Crippen LogP contribution < -0.4 is 16.0 Å². The number of carbonyl (C=O) groups is 3. The summed E-state index contributed by atoms with van der Waals surface area (Å²) in [5.74, 6) is -1.40. The molecule has 1 aromatic heterocycles. The molecule has 0 bridgehead atoms. The second-order valence-electron chi connectivity index (χ2n) is 6.54. The molecule has 0 atom stereocenters. The van der Waals surface area contributed by atoms with Gasteiger partial charge in [-0.2, -0.15) is 0 Å². The highest BCUT2D eigenvalue weighted by atomic mass is 35.5. The summed E-state index contributed by atoms with van der Waals surface area (Å²) < 4.78 is 18.1. The fourth-order valence-electron chi connectivity index (χ4n) is 2.65. The van der Waals surface area contributed by atoms with Gasteiger partial charge in [0.25, 0.3) is 11.8 Å². The van der Waals surface area contributed by atoms with Gasteiger partial charge in [-0.05, 0) is 48.0 Å². The molecule has 7 nitrogen and oxygen atoms in total. The number of amides is 3. The van der Waals surface area contributed by atoms with Gasteiger partial charge in [0.05, 0.1) is 16.8 Å². The van der Waals surface area contributed by atoms with Gasteiger partial charge >= 0.3 is 0 Å². The van der Waals surface area contributed by atoms with E-state index in [2.05, 4.69) is 16.0 Å². The fourth-order valence-corrected chi connectivity index (χ4v) is 2.91. The lowest BCUT2D eigenvalue weighted by Gasteiger charge is -2.09. The first-order valence-corrected chi connectivity index (χ1v) is 9.74. The zero-order chi connectivity index (χ0) is 22.2. The lowest BCUT2D eigenvalue weighted by Crippen LogP contribution is -2.30. The summed E-state index contributed by atoms with van der Waals surface area (Å²) in [5, 5.41) is 8.03. The molecule has 3 rings (SSSR count). The molecule has 1 heterocycles. The normalized spacial score (nSPS) is 10.4. The Morgan fingerprint density at radius 1 is 0.968 bits per heavy atom. The second-order valence-corrected chi connectivity index (χ2v) is 6.94. The zero-order valence-electron chi connectivity index (χ0n) is 16.3. The molecule has 0 spiro atoms. The van der Waals surface area contributed by atoms with Crippen LogP contribution in [0.25, 0.3) is 0 Å². The van der Waals surface area contributed by atoms with Crippen LogP contribution in [0.3, 0.4) is 0 Å². The number of carbonyl (C=O) groups excluding carboxylic acids is 3. The van der Waals surface area contributed by atoms with E-state index >= 15 is 0 Å². The van der Waals surface area contributed by atoms with Crippen molar-refractivity contribution in [3.63, 3.8) is 0 Å². The van der Waals surface area contributed by atoms with Gasteiger partial charge in [0.1, 0.15) is 5.82 Å². The molecule has 160 valence electrons. The van der Waals surface area contributed by atoms with Crippen LogP contribution in [-0.2, 0) is 11.3 Å². The molecule has 3 N–H and O–H groups in total. The lowest BCUT2D eigenvalue weighted by molar-refractivity contribution is -0.121. The first kappa shape index (κ1) is 22.0. The van der Waals surface area contributed by atoms with Gasteiger partial charge in [-0.1, -0.05) is 23.7 Å². The number of furan rings is 1. The minimum atomic E-state index is -0.533. The number of rotatable bonds is 8. The Balaban J connectivity index is 1.39. The molecule has 0 saturated carbocycles. The van der Waals surface area contributed by atoms with Crippen molar-refractivity contribution in [1.82, 2.24) is 10.6 Å². The molecule has 0 aliphatic rings. The molecule has 0 saturated heterocycles. The third kappa shape index (κ3) is 6.42. The van der Waals surface area contributed by atoms with E-state index in [0.29, 0.717) is 12.2 Å². The summed E-state index contributed by atoms with van der Waals surface area (Å²) in [6.45, 7) is 0.402. The number of halogens is 2. The topological polar surface area (TPSA) is 100 Å². The third-order valence-corrected chi connectivity index (χ3v) is 4.57. The van der Waals surface area contributed by atoms with Crippen LogP contribution >= 0.6 is 11.6 Å². The minimum Gasteiger partial charge on any atom is -0.459 e. The zero-order valence-corrected chi connectivity index (χ0v) is 17.0. The number of hydrogen-bond donors (Lipinski definition) is 3. The van der Waals surface area contributed by atoms with Crippen LogP contribution in [0.4, 0.5) is 10.1 Å². The molecule has 2 aromatic carbocycles. The Morgan fingerprint density at radius 3 is 2.42 bits per heavy atom. The molecule has 0 aliphatic carbocycles. The monoisotopic (exact) mass is 443 g/mol. The van der Waals surface area contributed by atoms with Gasteiger partial charge < -0.3 is 20.4 Å². The number of anilines is 1. The van der Waals surface area contributed by atoms with Crippen LogP contribution in [0.1, 0.15) is 32.9 Å². The smallest absolute Gasteiger partial charge is 0.291 e. The van der Waals surface area contributed by atoms with Crippen molar-refractivity contribution in [2.45, 2.75) is 13.0 Å². The van der Waals surface area contributed by atoms with E-state index in [-0.39, 0.29) is 41.1 Å². The molecule has 0 radical (unpaired) electrons. The van der Waals surface area contributed by atoms with Gasteiger partial charge in [-0.25, -0.2) is 4.39 Å². The van der Waals surface area contributed by atoms with E-state index < -0.39 is 11.7 Å². The average Bonchev–Trinajstić information content (AvgIpc) is 3.28. The molecule has 3 amide bonds. The predicted molar refractivity (Wildman–Crippen MR) is 113 cm³/mol. The highest BCUT2D eigenvalue weighted by Gasteiger charge is 2.12. The Labute approximate surface area is 182 Å². The summed E-state index contributed by atoms with van der Waals surface area (Å²) >= 11 is 5.84. The second kappa shape index (κ2) is 10.4. The van der Waals surface area contributed by atoms with Gasteiger partial charge in [0.15, 0.2) is 5.76 Å². The number of nitrogens with one attached hydrogen (secondary N) is 3. The van der Waals surface area contributed by atoms with Crippen molar-refractivity contribution in [2.75, 3.05) is 11.9 Å². The minimum absolute atomic E-state index is 0.00532. The molecule has 0 unspecified atom stereocenters. The summed E-state index contributed by atoms with van der Waals surface area (Å²) in [5.41, 5.74) is 1.58. The molecular weight excluding hydrogens is 425 g/mol. The molecule has 0 fully saturated rings. The quantitative estimate of drug-likeness (QED) is 0.493. The highest BCUT2D eigenvalue weighted by molar-refractivity contribution is 6.33. The highest BCUT2D eigenvalue weighted by Crippen LogP contribution is 2.17. The van der Waals surface area contributed by atoms with Crippen molar-refractivity contribution in [3.8, 4) is 0 Å². The lowest BCUT2D eigenvalue weighted by atomic mass is 10.2. The van der Waals surface area contributed by atoms with E-state index in [1.54, 1.807) is 36.4 Å². The SMILES string of the molecule is O=C(CCNC(=O)c1ccc(F)cc1Cl)NCc1ccc(NC(=O)c2ccco2)cc1. The molecule has 0 aliphatic heterocycles. The van der Waals surface area contributed by atoms with Crippen molar-refractivity contribution in [1.29, 1.82) is 0 Å². The van der Waals surface area contributed by atoms with Gasteiger partial charge in [0, 0.05) is 25.2 Å². The van der Waals surface area contributed by atoms with Crippen LogP contribution in [0.2, 0.25) is 5.02 Å². The van der Waals surface area contributed by atoms with E-state index in [1.807, 2.05) is 0 Å². The maximum absolute atomic E-state index is 13.0. The van der Waals surface area contributed by atoms with Gasteiger partial charge in [-0.15, -0.1) is 0 Å². The van der Waals surface area contributed by atoms with E-state index in [4.69, 9.17) is 16.0 Å². The van der Waals surface area contributed by atoms with Crippen LogP contribution in [0.15, 0.2) is 65.3 Å². The maximum Gasteiger partial charge on any atom is 0.291 e. The molecule has 9 heteroatoms. The molecule has 3 aromatic rings. The van der Waals surface area contributed by atoms with Crippen LogP contribution in [0.5, 0.6) is 0 Å². The fraction of sp³-hybridized carbons (Fsp3) is 0.136. The Morgan fingerprint density at radius 2 is 1.74 bits per heavy atom. The average molecular weight is 444 g/mol. The Kier molecular flexibility index (Phi) is 7.40. The van der Waals surface area contributed by atoms with Gasteiger partial charge in [-0.3, -0.25) is 14.4 Å². The van der Waals surface area contributed by atoms with Crippen molar-refractivity contribution in [3.05, 3.63) is 88.6 Å². The van der Waals surface area contributed by atoms with E-state index in [1.165, 1.54) is 12.3 Å². The molecule has 31 heavy (non-hydrogen) atoms. The first-order chi connectivity index (χ1) is 14.9. The summed E-state index contributed by atoms with van der Waals surface area (Å²) in [6.07, 6.45) is 1.49.